The number of hydrazone groups is 1. The number of hydrogen-bond donors (Lipinski definition) is 1. The molecule has 3 rings (SSSR count). The smallest absolute Gasteiger partial charge is 0.267 e. The summed E-state index contributed by atoms with van der Waals surface area (Å²) in [7, 11) is 0. The molecular weight excluding hydrogens is 294 g/mol. The van der Waals surface area contributed by atoms with Crippen molar-refractivity contribution < 1.29 is 9.72 Å². The fraction of sp³-hybridized carbons (Fsp3) is 0.176. The maximum absolute atomic E-state index is 12.2. The van der Waals surface area contributed by atoms with Gasteiger partial charge in [-0.3, -0.25) is 14.9 Å². The van der Waals surface area contributed by atoms with Crippen molar-refractivity contribution in [1.82, 2.24) is 5.43 Å². The zero-order chi connectivity index (χ0) is 16.2. The van der Waals surface area contributed by atoms with Crippen LogP contribution >= 0.6 is 0 Å². The summed E-state index contributed by atoms with van der Waals surface area (Å²) < 4.78 is 0. The first-order chi connectivity index (χ1) is 11.2. The Morgan fingerprint density at radius 2 is 1.83 bits per heavy atom. The molecule has 0 aliphatic heterocycles. The fourth-order valence-corrected chi connectivity index (χ4v) is 2.72. The summed E-state index contributed by atoms with van der Waals surface area (Å²) in [6, 6.07) is 13.8. The van der Waals surface area contributed by atoms with Gasteiger partial charge in [-0.1, -0.05) is 36.4 Å². The number of nitrogens with zero attached hydrogens (tertiary/aromatic N) is 2. The number of aryl methyl sites for hydroxylation is 1. The number of fused-ring (bicyclic) bond motifs is 1. The molecule has 0 saturated carbocycles. The Bertz CT molecular complexity index is 799. The summed E-state index contributed by atoms with van der Waals surface area (Å²) in [6.07, 6.45) is 2.73. The number of nitrogens with one attached hydrogen (secondary N) is 1. The number of nitro groups is 1. The van der Waals surface area contributed by atoms with Gasteiger partial charge in [0.15, 0.2) is 0 Å². The molecule has 1 N–H and O–H groups in total. The molecule has 116 valence electrons. The summed E-state index contributed by atoms with van der Waals surface area (Å²) in [6.45, 7) is 0. The number of nitro benzene ring substituents is 1. The van der Waals surface area contributed by atoms with E-state index < -0.39 is 10.8 Å². The fourth-order valence-electron chi connectivity index (χ4n) is 2.72. The van der Waals surface area contributed by atoms with E-state index >= 15 is 0 Å². The molecule has 0 bridgehead atoms. The van der Waals surface area contributed by atoms with Gasteiger partial charge in [-0.2, -0.15) is 5.10 Å². The Balaban J connectivity index is 1.84. The highest BCUT2D eigenvalue weighted by Gasteiger charge is 2.20. The van der Waals surface area contributed by atoms with E-state index in [1.54, 1.807) is 6.07 Å². The van der Waals surface area contributed by atoms with Gasteiger partial charge in [-0.25, -0.2) is 5.43 Å². The van der Waals surface area contributed by atoms with Crippen molar-refractivity contribution in [2.75, 3.05) is 0 Å². The maximum Gasteiger partial charge on any atom is 0.282 e. The number of carbonyl (C=O) groups excluding carboxylic acids is 1. The second-order valence-electron chi connectivity index (χ2n) is 5.28. The molecule has 0 spiro atoms. The molecule has 0 heterocycles. The highest BCUT2D eigenvalue weighted by atomic mass is 16.6. The zero-order valence-corrected chi connectivity index (χ0v) is 12.4. The van der Waals surface area contributed by atoms with Gasteiger partial charge in [-0.05, 0) is 30.9 Å². The molecule has 0 fully saturated rings. The van der Waals surface area contributed by atoms with E-state index in [1.807, 2.05) is 24.3 Å². The summed E-state index contributed by atoms with van der Waals surface area (Å²) in [5, 5.41) is 15.2. The van der Waals surface area contributed by atoms with E-state index in [1.165, 1.54) is 23.8 Å². The predicted molar refractivity (Wildman–Crippen MR) is 86.5 cm³/mol. The second-order valence-corrected chi connectivity index (χ2v) is 5.28. The topological polar surface area (TPSA) is 84.6 Å². The minimum Gasteiger partial charge on any atom is -0.267 e. The molecule has 0 aromatic heterocycles. The van der Waals surface area contributed by atoms with E-state index in [9.17, 15) is 14.9 Å². The van der Waals surface area contributed by atoms with Crippen LogP contribution in [0.2, 0.25) is 0 Å². The van der Waals surface area contributed by atoms with Gasteiger partial charge in [-0.15, -0.1) is 0 Å². The highest BCUT2D eigenvalue weighted by Crippen LogP contribution is 2.21. The number of para-hydroxylation sites is 1. The average molecular weight is 309 g/mol. The van der Waals surface area contributed by atoms with Crippen molar-refractivity contribution in [1.29, 1.82) is 0 Å². The lowest BCUT2D eigenvalue weighted by molar-refractivity contribution is -0.385. The van der Waals surface area contributed by atoms with E-state index in [-0.39, 0.29) is 11.3 Å². The third kappa shape index (κ3) is 3.11. The van der Waals surface area contributed by atoms with Crippen LogP contribution in [0.4, 0.5) is 5.69 Å². The lowest BCUT2D eigenvalue weighted by Crippen LogP contribution is -2.22. The molecule has 0 radical (unpaired) electrons. The second kappa shape index (κ2) is 6.39. The van der Waals surface area contributed by atoms with Crippen LogP contribution in [0.1, 0.15) is 34.3 Å². The number of carbonyl (C=O) groups is 1. The average Bonchev–Trinajstić information content (AvgIpc) is 2.59. The van der Waals surface area contributed by atoms with Crippen molar-refractivity contribution >= 4 is 17.3 Å². The molecule has 1 aliphatic rings. The van der Waals surface area contributed by atoms with Gasteiger partial charge >= 0.3 is 0 Å². The number of hydrogen-bond acceptors (Lipinski definition) is 4. The molecular formula is C17H15N3O3. The Kier molecular flexibility index (Phi) is 4.14. The van der Waals surface area contributed by atoms with E-state index in [4.69, 9.17) is 0 Å². The van der Waals surface area contributed by atoms with Gasteiger partial charge in [0.2, 0.25) is 0 Å². The van der Waals surface area contributed by atoms with Crippen molar-refractivity contribution in [3.63, 3.8) is 0 Å². The lowest BCUT2D eigenvalue weighted by atomic mass is 9.90. The van der Waals surface area contributed by atoms with Crippen LogP contribution in [0, 0.1) is 10.1 Å². The number of amides is 1. The van der Waals surface area contributed by atoms with Crippen LogP contribution in [0.3, 0.4) is 0 Å². The first-order valence-electron chi connectivity index (χ1n) is 7.35. The van der Waals surface area contributed by atoms with Gasteiger partial charge in [0.25, 0.3) is 11.6 Å². The predicted octanol–water partition coefficient (Wildman–Crippen LogP) is 3.07. The first-order valence-corrected chi connectivity index (χ1v) is 7.35. The zero-order valence-electron chi connectivity index (χ0n) is 12.4. The summed E-state index contributed by atoms with van der Waals surface area (Å²) in [5.74, 6) is -0.576. The van der Waals surface area contributed by atoms with E-state index in [0.717, 1.165) is 30.5 Å². The van der Waals surface area contributed by atoms with Gasteiger partial charge in [0, 0.05) is 11.6 Å². The van der Waals surface area contributed by atoms with Crippen LogP contribution < -0.4 is 5.43 Å². The van der Waals surface area contributed by atoms with Crippen molar-refractivity contribution in [2.24, 2.45) is 5.10 Å². The standard InChI is InChI=1S/C17H15N3O3/c21-17(14-9-3-4-11-16(14)20(22)23)19-18-15-10-5-7-12-6-1-2-8-13(12)15/h1-4,6,8-9,11H,5,7,10H2,(H,19,21)/b18-15-. The molecule has 0 atom stereocenters. The molecule has 0 saturated heterocycles. The van der Waals surface area contributed by atoms with Crippen LogP contribution in [0.25, 0.3) is 0 Å². The molecule has 6 nitrogen and oxygen atoms in total. The van der Waals surface area contributed by atoms with Gasteiger partial charge in [0.1, 0.15) is 5.56 Å². The van der Waals surface area contributed by atoms with Crippen molar-refractivity contribution in [3.8, 4) is 0 Å². The van der Waals surface area contributed by atoms with Crippen molar-refractivity contribution in [3.05, 3.63) is 75.3 Å². The summed E-state index contributed by atoms with van der Waals surface area (Å²) >= 11 is 0. The lowest BCUT2D eigenvalue weighted by Gasteiger charge is -2.17. The van der Waals surface area contributed by atoms with Crippen LogP contribution in [-0.2, 0) is 6.42 Å². The molecule has 6 heteroatoms. The van der Waals surface area contributed by atoms with Gasteiger partial charge in [0.05, 0.1) is 10.6 Å². The Morgan fingerprint density at radius 3 is 2.65 bits per heavy atom. The quantitative estimate of drug-likeness (QED) is 0.698. The summed E-state index contributed by atoms with van der Waals surface area (Å²) in [4.78, 5) is 22.6. The minimum atomic E-state index is -0.576. The molecule has 0 unspecified atom stereocenters. The van der Waals surface area contributed by atoms with Crippen LogP contribution in [0.15, 0.2) is 53.6 Å². The number of benzene rings is 2. The SMILES string of the molecule is O=C(N/N=C1/CCCc2ccccc21)c1ccccc1[N+](=O)[O-]. The largest absolute Gasteiger partial charge is 0.282 e. The molecule has 1 amide bonds. The van der Waals surface area contributed by atoms with E-state index in [2.05, 4.69) is 10.5 Å². The first kappa shape index (κ1) is 14.9. The third-order valence-electron chi connectivity index (χ3n) is 3.83. The highest BCUT2D eigenvalue weighted by molar-refractivity contribution is 6.04. The Labute approximate surface area is 133 Å². The Morgan fingerprint density at radius 1 is 1.09 bits per heavy atom. The third-order valence-corrected chi connectivity index (χ3v) is 3.83. The molecule has 23 heavy (non-hydrogen) atoms. The molecule has 1 aliphatic carbocycles. The minimum absolute atomic E-state index is 0.00550. The Hall–Kier alpha value is -3.02. The molecule has 2 aromatic rings. The van der Waals surface area contributed by atoms with Crippen LogP contribution in [0.5, 0.6) is 0 Å². The van der Waals surface area contributed by atoms with Crippen molar-refractivity contribution in [2.45, 2.75) is 19.3 Å². The molecule has 2 aromatic carbocycles. The van der Waals surface area contributed by atoms with E-state index in [0.29, 0.717) is 0 Å². The maximum atomic E-state index is 12.2. The van der Waals surface area contributed by atoms with Crippen LogP contribution in [-0.4, -0.2) is 16.5 Å². The van der Waals surface area contributed by atoms with Gasteiger partial charge < -0.3 is 0 Å². The normalized spacial score (nSPS) is 15.0. The summed E-state index contributed by atoms with van der Waals surface area (Å²) in [5.41, 5.74) is 5.27. The monoisotopic (exact) mass is 309 g/mol. The number of rotatable bonds is 3.